The summed E-state index contributed by atoms with van der Waals surface area (Å²) in [6, 6.07) is 1.69. The molecular formula is C14H20N6O2S. The van der Waals surface area contributed by atoms with Gasteiger partial charge in [0.15, 0.2) is 0 Å². The average Bonchev–Trinajstić information content (AvgIpc) is 2.88. The molecule has 23 heavy (non-hydrogen) atoms. The standard InChI is InChI=1S/C14H20N6O2S/c1-10-13(11(2)18-17-10)23(21,22)19-12-4-8-20(9-5-12)14-15-6-3-7-16-14/h3,6-7,12,19H,4-5,8-9H2,1-2H3,(H,17,18). The van der Waals surface area contributed by atoms with Crippen LogP contribution in [0.5, 0.6) is 0 Å². The third-order valence-electron chi connectivity index (χ3n) is 3.98. The minimum atomic E-state index is -3.55. The summed E-state index contributed by atoms with van der Waals surface area (Å²) in [6.07, 6.45) is 4.85. The van der Waals surface area contributed by atoms with Crippen molar-refractivity contribution in [3.8, 4) is 0 Å². The maximum absolute atomic E-state index is 12.5. The Bertz CT molecular complexity index is 746. The first-order valence-corrected chi connectivity index (χ1v) is 9.01. The fraction of sp³-hybridized carbons (Fsp3) is 0.500. The average molecular weight is 336 g/mol. The second kappa shape index (κ2) is 6.25. The number of nitrogens with zero attached hydrogens (tertiary/aromatic N) is 4. The minimum Gasteiger partial charge on any atom is -0.341 e. The number of hydrogen-bond acceptors (Lipinski definition) is 6. The highest BCUT2D eigenvalue weighted by Gasteiger charge is 2.28. The summed E-state index contributed by atoms with van der Waals surface area (Å²) in [4.78, 5) is 10.8. The van der Waals surface area contributed by atoms with E-state index in [1.165, 1.54) is 0 Å². The summed E-state index contributed by atoms with van der Waals surface area (Å²) in [5.41, 5.74) is 1.05. The fourth-order valence-electron chi connectivity index (χ4n) is 2.87. The van der Waals surface area contributed by atoms with Gasteiger partial charge in [0.2, 0.25) is 16.0 Å². The molecule has 0 radical (unpaired) electrons. The molecule has 9 heteroatoms. The molecule has 0 saturated carbocycles. The molecule has 0 amide bonds. The Morgan fingerprint density at radius 2 is 1.87 bits per heavy atom. The highest BCUT2D eigenvalue weighted by atomic mass is 32.2. The fourth-order valence-corrected chi connectivity index (χ4v) is 4.54. The van der Waals surface area contributed by atoms with Crippen molar-refractivity contribution >= 4 is 16.0 Å². The molecule has 2 aromatic rings. The van der Waals surface area contributed by atoms with Crippen molar-refractivity contribution in [1.29, 1.82) is 0 Å². The predicted molar refractivity (Wildman–Crippen MR) is 85.7 cm³/mol. The summed E-state index contributed by atoms with van der Waals surface area (Å²) < 4.78 is 27.9. The molecule has 0 spiro atoms. The zero-order valence-corrected chi connectivity index (χ0v) is 14.0. The SMILES string of the molecule is Cc1n[nH]c(C)c1S(=O)(=O)NC1CCN(c2ncccn2)CC1. The number of nitrogens with one attached hydrogen (secondary N) is 2. The van der Waals surface area contributed by atoms with Crippen molar-refractivity contribution in [2.24, 2.45) is 0 Å². The van der Waals surface area contributed by atoms with Crippen molar-refractivity contribution < 1.29 is 8.42 Å². The molecular weight excluding hydrogens is 316 g/mol. The molecule has 0 bridgehead atoms. The van der Waals surface area contributed by atoms with Crippen LogP contribution < -0.4 is 9.62 Å². The molecule has 8 nitrogen and oxygen atoms in total. The van der Waals surface area contributed by atoms with Gasteiger partial charge >= 0.3 is 0 Å². The molecule has 2 aromatic heterocycles. The lowest BCUT2D eigenvalue weighted by Gasteiger charge is -2.32. The first kappa shape index (κ1) is 15.9. The molecule has 1 aliphatic heterocycles. The quantitative estimate of drug-likeness (QED) is 0.854. The second-order valence-corrected chi connectivity index (χ2v) is 7.35. The van der Waals surface area contributed by atoms with Crippen molar-refractivity contribution in [2.75, 3.05) is 18.0 Å². The minimum absolute atomic E-state index is 0.0892. The molecule has 3 heterocycles. The number of piperidine rings is 1. The first-order valence-electron chi connectivity index (χ1n) is 7.53. The molecule has 124 valence electrons. The normalized spacial score (nSPS) is 16.7. The number of sulfonamides is 1. The van der Waals surface area contributed by atoms with Crippen LogP contribution in [0, 0.1) is 13.8 Å². The van der Waals surface area contributed by atoms with Crippen LogP contribution in [0.15, 0.2) is 23.4 Å². The van der Waals surface area contributed by atoms with Gasteiger partial charge in [-0.1, -0.05) is 0 Å². The van der Waals surface area contributed by atoms with E-state index in [2.05, 4.69) is 29.8 Å². The lowest BCUT2D eigenvalue weighted by Crippen LogP contribution is -2.45. The van der Waals surface area contributed by atoms with E-state index in [0.29, 0.717) is 30.2 Å². The van der Waals surface area contributed by atoms with Crippen LogP contribution in [0.2, 0.25) is 0 Å². The first-order chi connectivity index (χ1) is 11.0. The molecule has 1 saturated heterocycles. The maximum Gasteiger partial charge on any atom is 0.244 e. The van der Waals surface area contributed by atoms with Gasteiger partial charge in [0, 0.05) is 31.5 Å². The van der Waals surface area contributed by atoms with E-state index >= 15 is 0 Å². The zero-order chi connectivity index (χ0) is 16.4. The molecule has 0 aliphatic carbocycles. The van der Waals surface area contributed by atoms with Crippen LogP contribution in [0.4, 0.5) is 5.95 Å². The molecule has 0 atom stereocenters. The Morgan fingerprint density at radius 1 is 1.22 bits per heavy atom. The van der Waals surface area contributed by atoms with Crippen LogP contribution in [-0.4, -0.2) is 47.7 Å². The molecule has 0 unspecified atom stereocenters. The number of anilines is 1. The summed E-state index contributed by atoms with van der Waals surface area (Å²) in [5, 5.41) is 6.67. The van der Waals surface area contributed by atoms with Gasteiger partial charge in [0.1, 0.15) is 4.90 Å². The third kappa shape index (κ3) is 3.35. The van der Waals surface area contributed by atoms with Gasteiger partial charge in [-0.15, -0.1) is 0 Å². The van der Waals surface area contributed by atoms with E-state index in [9.17, 15) is 8.42 Å². The van der Waals surface area contributed by atoms with Crippen LogP contribution in [0.25, 0.3) is 0 Å². The Labute approximate surface area is 135 Å². The van der Waals surface area contributed by atoms with Gasteiger partial charge < -0.3 is 4.90 Å². The van der Waals surface area contributed by atoms with Gasteiger partial charge in [-0.25, -0.2) is 23.1 Å². The van der Waals surface area contributed by atoms with Gasteiger partial charge in [0.25, 0.3) is 0 Å². The third-order valence-corrected chi connectivity index (χ3v) is 5.76. The van der Waals surface area contributed by atoms with Crippen molar-refractivity contribution in [1.82, 2.24) is 24.9 Å². The highest BCUT2D eigenvalue weighted by molar-refractivity contribution is 7.89. The lowest BCUT2D eigenvalue weighted by molar-refractivity contribution is 0.456. The largest absolute Gasteiger partial charge is 0.341 e. The van der Waals surface area contributed by atoms with Gasteiger partial charge in [-0.2, -0.15) is 5.10 Å². The monoisotopic (exact) mass is 336 g/mol. The van der Waals surface area contributed by atoms with E-state index in [4.69, 9.17) is 0 Å². The van der Waals surface area contributed by atoms with E-state index in [0.717, 1.165) is 13.1 Å². The number of H-pyrrole nitrogens is 1. The molecule has 3 rings (SSSR count). The van der Waals surface area contributed by atoms with Crippen molar-refractivity contribution in [3.05, 3.63) is 29.8 Å². The number of aromatic amines is 1. The molecule has 1 fully saturated rings. The Kier molecular flexibility index (Phi) is 4.31. The van der Waals surface area contributed by atoms with E-state index in [1.807, 2.05) is 0 Å². The Hall–Kier alpha value is -2.00. The summed E-state index contributed by atoms with van der Waals surface area (Å²) in [5.74, 6) is 0.690. The second-order valence-electron chi connectivity index (χ2n) is 5.69. The summed E-state index contributed by atoms with van der Waals surface area (Å²) in [6.45, 7) is 4.85. The number of rotatable bonds is 4. The smallest absolute Gasteiger partial charge is 0.244 e. The summed E-state index contributed by atoms with van der Waals surface area (Å²) >= 11 is 0. The van der Waals surface area contributed by atoms with Gasteiger partial charge in [0.05, 0.1) is 11.4 Å². The topological polar surface area (TPSA) is 104 Å². The van der Waals surface area contributed by atoms with E-state index < -0.39 is 10.0 Å². The van der Waals surface area contributed by atoms with Crippen molar-refractivity contribution in [3.63, 3.8) is 0 Å². The van der Waals surface area contributed by atoms with Gasteiger partial charge in [-0.3, -0.25) is 5.10 Å². The molecule has 0 aromatic carbocycles. The number of aryl methyl sites for hydroxylation is 2. The molecule has 2 N–H and O–H groups in total. The lowest BCUT2D eigenvalue weighted by atomic mass is 10.1. The van der Waals surface area contributed by atoms with E-state index in [1.54, 1.807) is 32.3 Å². The van der Waals surface area contributed by atoms with Crippen LogP contribution >= 0.6 is 0 Å². The number of aromatic nitrogens is 4. The predicted octanol–water partition coefficient (Wildman–Crippen LogP) is 0.764. The van der Waals surface area contributed by atoms with Crippen LogP contribution in [0.1, 0.15) is 24.2 Å². The van der Waals surface area contributed by atoms with Crippen LogP contribution in [-0.2, 0) is 10.0 Å². The highest BCUT2D eigenvalue weighted by Crippen LogP contribution is 2.20. The maximum atomic E-state index is 12.5. The van der Waals surface area contributed by atoms with E-state index in [-0.39, 0.29) is 10.9 Å². The van der Waals surface area contributed by atoms with Gasteiger partial charge in [-0.05, 0) is 32.8 Å². The molecule has 1 aliphatic rings. The van der Waals surface area contributed by atoms with Crippen molar-refractivity contribution in [2.45, 2.75) is 37.6 Å². The number of hydrogen-bond donors (Lipinski definition) is 2. The summed E-state index contributed by atoms with van der Waals surface area (Å²) in [7, 11) is -3.55. The Morgan fingerprint density at radius 3 is 2.43 bits per heavy atom. The zero-order valence-electron chi connectivity index (χ0n) is 13.2. The Balaban J connectivity index is 1.65. The van der Waals surface area contributed by atoms with Crippen LogP contribution in [0.3, 0.4) is 0 Å².